The fourth-order valence-corrected chi connectivity index (χ4v) is 6.48. The first kappa shape index (κ1) is 23.6. The summed E-state index contributed by atoms with van der Waals surface area (Å²) in [7, 11) is -1.81. The maximum atomic E-state index is 12.8. The van der Waals surface area contributed by atoms with Gasteiger partial charge in [-0.15, -0.1) is 0 Å². The second-order valence-electron chi connectivity index (χ2n) is 8.40. The van der Waals surface area contributed by atoms with Crippen molar-refractivity contribution in [3.05, 3.63) is 0 Å². The molecule has 0 bridgehead atoms. The summed E-state index contributed by atoms with van der Waals surface area (Å²) in [5, 5.41) is 8.47. The number of likely N-dealkylation sites (N-methyl/N-ethyl adjacent to an activating group) is 1. The Bertz CT molecular complexity index is 718. The molecular formula is C18H29F3N2O6S. The van der Waals surface area contributed by atoms with Gasteiger partial charge < -0.3 is 19.5 Å². The quantitative estimate of drug-likeness (QED) is 0.676. The molecule has 174 valence electrons. The molecule has 0 aromatic carbocycles. The van der Waals surface area contributed by atoms with Crippen molar-refractivity contribution in [2.75, 3.05) is 33.4 Å². The SMILES string of the molecule is CN(C1COC2(CCN(C(=O)O[C@H](CO)C(F)(F)F)CC2)C1)S(=O)(=O)C1CCCC1. The highest BCUT2D eigenvalue weighted by molar-refractivity contribution is 7.89. The third kappa shape index (κ3) is 4.86. The molecule has 1 unspecified atom stereocenters. The highest BCUT2D eigenvalue weighted by Crippen LogP contribution is 2.39. The molecule has 3 rings (SSSR count). The third-order valence-electron chi connectivity index (χ3n) is 6.54. The fourth-order valence-electron chi connectivity index (χ4n) is 4.53. The molecule has 0 aromatic heterocycles. The van der Waals surface area contributed by atoms with Gasteiger partial charge in [0.25, 0.3) is 0 Å². The van der Waals surface area contributed by atoms with E-state index in [2.05, 4.69) is 4.74 Å². The van der Waals surface area contributed by atoms with Crippen LogP contribution in [0.5, 0.6) is 0 Å². The van der Waals surface area contributed by atoms with Crippen LogP contribution in [0.1, 0.15) is 44.9 Å². The van der Waals surface area contributed by atoms with Crippen LogP contribution in [0.2, 0.25) is 0 Å². The summed E-state index contributed by atoms with van der Waals surface area (Å²) in [5.41, 5.74) is -0.596. The summed E-state index contributed by atoms with van der Waals surface area (Å²) in [6.45, 7) is -0.797. The lowest BCUT2D eigenvalue weighted by atomic mass is 9.87. The predicted octanol–water partition coefficient (Wildman–Crippen LogP) is 1.87. The van der Waals surface area contributed by atoms with Crippen LogP contribution in [-0.2, 0) is 19.5 Å². The molecule has 3 fully saturated rings. The minimum Gasteiger partial charge on any atom is -0.434 e. The topological polar surface area (TPSA) is 96.4 Å². The first-order valence-electron chi connectivity index (χ1n) is 10.2. The van der Waals surface area contributed by atoms with E-state index in [4.69, 9.17) is 9.84 Å². The van der Waals surface area contributed by atoms with Gasteiger partial charge in [-0.2, -0.15) is 17.5 Å². The van der Waals surface area contributed by atoms with E-state index in [0.717, 1.165) is 17.7 Å². The largest absolute Gasteiger partial charge is 0.434 e. The zero-order chi connectivity index (χ0) is 22.2. The van der Waals surface area contributed by atoms with Crippen LogP contribution >= 0.6 is 0 Å². The maximum absolute atomic E-state index is 12.8. The van der Waals surface area contributed by atoms with Gasteiger partial charge in [-0.3, -0.25) is 0 Å². The highest BCUT2D eigenvalue weighted by atomic mass is 32.2. The Labute approximate surface area is 174 Å². The van der Waals surface area contributed by atoms with Crippen molar-refractivity contribution in [2.45, 2.75) is 74.1 Å². The Balaban J connectivity index is 1.54. The Hall–Kier alpha value is -1.11. The van der Waals surface area contributed by atoms with Crippen LogP contribution in [-0.4, -0.2) is 91.3 Å². The molecule has 8 nitrogen and oxygen atoms in total. The van der Waals surface area contributed by atoms with Gasteiger partial charge in [0.05, 0.1) is 30.1 Å². The van der Waals surface area contributed by atoms with E-state index >= 15 is 0 Å². The number of sulfonamides is 1. The van der Waals surface area contributed by atoms with Crippen LogP contribution in [0.4, 0.5) is 18.0 Å². The number of alkyl halides is 3. The minimum absolute atomic E-state index is 0.140. The Morgan fingerprint density at radius 2 is 1.90 bits per heavy atom. The smallest absolute Gasteiger partial charge is 0.427 e. The number of rotatable bonds is 5. The van der Waals surface area contributed by atoms with E-state index in [1.165, 1.54) is 4.31 Å². The van der Waals surface area contributed by atoms with Gasteiger partial charge in [-0.25, -0.2) is 13.2 Å². The second kappa shape index (κ2) is 8.79. The lowest BCUT2D eigenvalue weighted by Gasteiger charge is -2.38. The summed E-state index contributed by atoms with van der Waals surface area (Å²) in [6.07, 6.45) is -4.08. The van der Waals surface area contributed by atoms with Crippen molar-refractivity contribution in [1.82, 2.24) is 9.21 Å². The average Bonchev–Trinajstić information content (AvgIpc) is 3.36. The maximum Gasteiger partial charge on any atom is 0.427 e. The number of aliphatic hydroxyl groups excluding tert-OH is 1. The number of hydrogen-bond acceptors (Lipinski definition) is 6. The van der Waals surface area contributed by atoms with E-state index < -0.39 is 40.6 Å². The molecule has 1 aliphatic carbocycles. The molecule has 0 radical (unpaired) electrons. The molecule has 1 N–H and O–H groups in total. The molecule has 2 saturated heterocycles. The van der Waals surface area contributed by atoms with Crippen LogP contribution in [0.25, 0.3) is 0 Å². The van der Waals surface area contributed by atoms with Crippen molar-refractivity contribution in [2.24, 2.45) is 0 Å². The number of carbonyl (C=O) groups excluding carboxylic acids is 1. The molecule has 2 aliphatic heterocycles. The summed E-state index contributed by atoms with van der Waals surface area (Å²) in [4.78, 5) is 13.2. The molecule has 2 atom stereocenters. The third-order valence-corrected chi connectivity index (χ3v) is 8.95. The summed E-state index contributed by atoms with van der Waals surface area (Å²) >= 11 is 0. The van der Waals surface area contributed by atoms with Gasteiger partial charge >= 0.3 is 12.3 Å². The van der Waals surface area contributed by atoms with Gasteiger partial charge in [-0.1, -0.05) is 12.8 Å². The van der Waals surface area contributed by atoms with Crippen LogP contribution in [0.15, 0.2) is 0 Å². The first-order valence-corrected chi connectivity index (χ1v) is 11.7. The Morgan fingerprint density at radius 3 is 2.43 bits per heavy atom. The van der Waals surface area contributed by atoms with Crippen molar-refractivity contribution in [3.63, 3.8) is 0 Å². The van der Waals surface area contributed by atoms with E-state index in [0.29, 0.717) is 32.1 Å². The standard InChI is InChI=1S/C18H29F3N2O6S/c1-22(30(26,27)14-4-2-3-5-14)13-10-17(28-12-13)6-8-23(9-7-17)16(25)29-15(11-24)18(19,20)21/h13-15,24H,2-12H2,1H3/t13?,15-/m1/s1. The molecule has 1 amide bonds. The van der Waals surface area contributed by atoms with Crippen LogP contribution in [0.3, 0.4) is 0 Å². The lowest BCUT2D eigenvalue weighted by Crippen LogP contribution is -2.49. The van der Waals surface area contributed by atoms with E-state index in [1.807, 2.05) is 0 Å². The molecule has 2 heterocycles. The van der Waals surface area contributed by atoms with E-state index in [9.17, 15) is 26.4 Å². The normalized spacial score (nSPS) is 26.5. The van der Waals surface area contributed by atoms with Crippen molar-refractivity contribution >= 4 is 16.1 Å². The lowest BCUT2D eigenvalue weighted by molar-refractivity contribution is -0.215. The fraction of sp³-hybridized carbons (Fsp3) is 0.944. The summed E-state index contributed by atoms with van der Waals surface area (Å²) < 4.78 is 75.5. The Kier molecular flexibility index (Phi) is 6.90. The monoisotopic (exact) mass is 458 g/mol. The zero-order valence-corrected chi connectivity index (χ0v) is 17.8. The minimum atomic E-state index is -4.83. The molecule has 30 heavy (non-hydrogen) atoms. The number of carbonyl (C=O) groups is 1. The van der Waals surface area contributed by atoms with Crippen molar-refractivity contribution < 1.29 is 41.0 Å². The second-order valence-corrected chi connectivity index (χ2v) is 10.7. The van der Waals surface area contributed by atoms with Gasteiger partial charge in [0.2, 0.25) is 16.1 Å². The molecule has 12 heteroatoms. The predicted molar refractivity (Wildman–Crippen MR) is 100 cm³/mol. The Morgan fingerprint density at radius 1 is 1.30 bits per heavy atom. The average molecular weight is 458 g/mol. The number of amides is 1. The van der Waals surface area contributed by atoms with Gasteiger partial charge in [0.15, 0.2) is 0 Å². The van der Waals surface area contributed by atoms with Gasteiger partial charge in [-0.05, 0) is 32.1 Å². The molecule has 1 saturated carbocycles. The number of hydrogen-bond donors (Lipinski definition) is 1. The molecule has 3 aliphatic rings. The number of ether oxygens (including phenoxy) is 2. The molecular weight excluding hydrogens is 429 g/mol. The number of halogens is 3. The number of aliphatic hydroxyl groups is 1. The number of piperidine rings is 1. The van der Waals surface area contributed by atoms with Crippen LogP contribution in [0, 0.1) is 0 Å². The summed E-state index contributed by atoms with van der Waals surface area (Å²) in [5.74, 6) is 0. The first-order chi connectivity index (χ1) is 14.0. The van der Waals surface area contributed by atoms with E-state index in [-0.39, 0.29) is 31.0 Å². The summed E-state index contributed by atoms with van der Waals surface area (Å²) in [6, 6.07) is -0.293. The highest BCUT2D eigenvalue weighted by Gasteiger charge is 2.48. The zero-order valence-electron chi connectivity index (χ0n) is 16.9. The van der Waals surface area contributed by atoms with Gasteiger partial charge in [0, 0.05) is 20.1 Å². The van der Waals surface area contributed by atoms with E-state index in [1.54, 1.807) is 7.05 Å². The van der Waals surface area contributed by atoms with Crippen LogP contribution < -0.4 is 0 Å². The van der Waals surface area contributed by atoms with Crippen molar-refractivity contribution in [1.29, 1.82) is 0 Å². The van der Waals surface area contributed by atoms with Gasteiger partial charge in [0.1, 0.15) is 0 Å². The number of likely N-dealkylation sites (tertiary alicyclic amines) is 1. The molecule has 1 spiro atoms. The number of nitrogens with zero attached hydrogens (tertiary/aromatic N) is 2. The molecule has 0 aromatic rings. The van der Waals surface area contributed by atoms with Crippen molar-refractivity contribution in [3.8, 4) is 0 Å².